The lowest BCUT2D eigenvalue weighted by Crippen LogP contribution is -2.38. The molecule has 2 aromatic carbocycles. The number of carbonyl (C=O) groups excluding carboxylic acids is 2. The lowest BCUT2D eigenvalue weighted by atomic mass is 10.1. The largest absolute Gasteiger partial charge is 0.497 e. The second kappa shape index (κ2) is 7.84. The molecule has 29 heavy (non-hydrogen) atoms. The fraction of sp³-hybridized carbons (Fsp3) is 0.158. The van der Waals surface area contributed by atoms with Crippen molar-refractivity contribution in [2.75, 3.05) is 19.0 Å². The molecule has 1 aliphatic heterocycles. The van der Waals surface area contributed by atoms with Gasteiger partial charge < -0.3 is 10.1 Å². The van der Waals surface area contributed by atoms with Crippen LogP contribution in [0.15, 0.2) is 48.0 Å². The van der Waals surface area contributed by atoms with Crippen molar-refractivity contribution in [2.45, 2.75) is 6.92 Å². The number of nitrogens with one attached hydrogen (secondary N) is 1. The quantitative estimate of drug-likeness (QED) is 0.774. The predicted octanol–water partition coefficient (Wildman–Crippen LogP) is 3.03. The molecule has 0 spiro atoms. The number of hydrogen-bond acceptors (Lipinski definition) is 5. The summed E-state index contributed by atoms with van der Waals surface area (Å²) in [6, 6.07) is 9.51. The number of rotatable bonds is 5. The number of benzene rings is 2. The lowest BCUT2D eigenvalue weighted by Gasteiger charge is -2.17. The molecule has 7 nitrogen and oxygen atoms in total. The Morgan fingerprint density at radius 3 is 2.45 bits per heavy atom. The van der Waals surface area contributed by atoms with E-state index in [9.17, 15) is 22.4 Å². The molecule has 0 atom stereocenters. The molecule has 0 aromatic heterocycles. The van der Waals surface area contributed by atoms with Crippen molar-refractivity contribution in [1.82, 2.24) is 4.31 Å². The summed E-state index contributed by atoms with van der Waals surface area (Å²) in [5.41, 5.74) is 0.408. The standard InChI is InChI=1S/C19H16ClFN2O5S/c1-11-18(12-3-6-14(28-2)7-4-12)29(26,27)23(19(11)25)10-17(24)22-16-8-5-13(21)9-15(16)20/h3-9H,10H2,1-2H3,(H,22,24). The molecule has 10 heteroatoms. The summed E-state index contributed by atoms with van der Waals surface area (Å²) in [4.78, 5) is 24.7. The Bertz CT molecular complexity index is 1130. The molecule has 0 saturated heterocycles. The highest BCUT2D eigenvalue weighted by Crippen LogP contribution is 2.36. The maximum Gasteiger partial charge on any atom is 0.268 e. The molecular weight excluding hydrogens is 423 g/mol. The van der Waals surface area contributed by atoms with Gasteiger partial charge in [0.25, 0.3) is 15.9 Å². The van der Waals surface area contributed by atoms with Gasteiger partial charge in [-0.2, -0.15) is 0 Å². The molecule has 1 heterocycles. The lowest BCUT2D eigenvalue weighted by molar-refractivity contribution is -0.126. The zero-order valence-corrected chi connectivity index (χ0v) is 17.0. The fourth-order valence-electron chi connectivity index (χ4n) is 2.87. The number of hydrogen-bond donors (Lipinski definition) is 1. The van der Waals surface area contributed by atoms with Gasteiger partial charge in [0, 0.05) is 5.57 Å². The molecule has 2 amide bonds. The normalized spacial score (nSPS) is 15.6. The Hall–Kier alpha value is -2.91. The monoisotopic (exact) mass is 438 g/mol. The molecule has 0 bridgehead atoms. The molecule has 0 fully saturated rings. The van der Waals surface area contributed by atoms with E-state index in [2.05, 4.69) is 5.32 Å². The van der Waals surface area contributed by atoms with E-state index in [0.29, 0.717) is 15.6 Å². The summed E-state index contributed by atoms with van der Waals surface area (Å²) in [6.07, 6.45) is 0. The number of sulfonamides is 1. The first kappa shape index (κ1) is 20.8. The molecule has 1 N–H and O–H groups in total. The van der Waals surface area contributed by atoms with Crippen molar-refractivity contribution in [3.8, 4) is 5.75 Å². The minimum absolute atomic E-state index is 0.00258. The van der Waals surface area contributed by atoms with Crippen LogP contribution in [0.5, 0.6) is 5.75 Å². The Kier molecular flexibility index (Phi) is 5.63. The van der Waals surface area contributed by atoms with Gasteiger partial charge in [0.15, 0.2) is 0 Å². The van der Waals surface area contributed by atoms with Crippen LogP contribution < -0.4 is 10.1 Å². The molecule has 152 valence electrons. The van der Waals surface area contributed by atoms with E-state index in [1.165, 1.54) is 32.2 Å². The first-order valence-corrected chi connectivity index (χ1v) is 10.1. The van der Waals surface area contributed by atoms with Crippen LogP contribution in [0.1, 0.15) is 12.5 Å². The Balaban J connectivity index is 1.84. The molecule has 0 aliphatic carbocycles. The van der Waals surface area contributed by atoms with Gasteiger partial charge in [-0.1, -0.05) is 11.6 Å². The topological polar surface area (TPSA) is 92.8 Å². The predicted molar refractivity (Wildman–Crippen MR) is 106 cm³/mol. The second-order valence-electron chi connectivity index (χ2n) is 6.17. The first-order valence-electron chi connectivity index (χ1n) is 8.32. The molecule has 2 aromatic rings. The highest BCUT2D eigenvalue weighted by molar-refractivity contribution is 7.99. The number of ether oxygens (including phenoxy) is 1. The number of methoxy groups -OCH3 is 1. The van der Waals surface area contributed by atoms with E-state index in [1.807, 2.05) is 0 Å². The minimum Gasteiger partial charge on any atom is -0.497 e. The van der Waals surface area contributed by atoms with Gasteiger partial charge >= 0.3 is 0 Å². The molecule has 0 radical (unpaired) electrons. The van der Waals surface area contributed by atoms with Gasteiger partial charge in [-0.15, -0.1) is 0 Å². The molecule has 1 aliphatic rings. The third-order valence-electron chi connectivity index (χ3n) is 4.28. The summed E-state index contributed by atoms with van der Waals surface area (Å²) in [7, 11) is -2.76. The third kappa shape index (κ3) is 3.96. The number of halogens is 2. The zero-order valence-electron chi connectivity index (χ0n) is 15.4. The van der Waals surface area contributed by atoms with E-state index in [4.69, 9.17) is 16.3 Å². The molecule has 3 rings (SSSR count). The van der Waals surface area contributed by atoms with Crippen molar-refractivity contribution in [1.29, 1.82) is 0 Å². The van der Waals surface area contributed by atoms with Crippen LogP contribution in [0.4, 0.5) is 10.1 Å². The maximum atomic E-state index is 13.1. The highest BCUT2D eigenvalue weighted by Gasteiger charge is 2.43. The molecular formula is C19H16ClFN2O5S. The summed E-state index contributed by atoms with van der Waals surface area (Å²) >= 11 is 5.85. The first-order chi connectivity index (χ1) is 13.6. The van der Waals surface area contributed by atoms with E-state index in [0.717, 1.165) is 12.1 Å². The van der Waals surface area contributed by atoms with Crippen LogP contribution in [0.2, 0.25) is 5.02 Å². The fourth-order valence-corrected chi connectivity index (χ4v) is 4.86. The van der Waals surface area contributed by atoms with E-state index in [-0.39, 0.29) is 21.2 Å². The van der Waals surface area contributed by atoms with Crippen molar-refractivity contribution in [3.05, 3.63) is 64.4 Å². The SMILES string of the molecule is COc1ccc(C2=C(C)C(=O)N(CC(=O)Nc3ccc(F)cc3Cl)S2(=O)=O)cc1. The Morgan fingerprint density at radius 1 is 1.21 bits per heavy atom. The van der Waals surface area contributed by atoms with Gasteiger partial charge in [-0.25, -0.2) is 17.1 Å². The van der Waals surface area contributed by atoms with Crippen LogP contribution in [0.3, 0.4) is 0 Å². The van der Waals surface area contributed by atoms with Gasteiger partial charge in [0.1, 0.15) is 23.0 Å². The summed E-state index contributed by atoms with van der Waals surface area (Å²) < 4.78 is 44.5. The Labute approximate surface area is 171 Å². The smallest absolute Gasteiger partial charge is 0.268 e. The third-order valence-corrected chi connectivity index (χ3v) is 6.53. The molecule has 0 unspecified atom stereocenters. The number of nitrogens with zero attached hydrogens (tertiary/aromatic N) is 1. The Morgan fingerprint density at radius 2 is 1.86 bits per heavy atom. The zero-order chi connectivity index (χ0) is 21.3. The van der Waals surface area contributed by atoms with Crippen LogP contribution >= 0.6 is 11.6 Å². The minimum atomic E-state index is -4.23. The van der Waals surface area contributed by atoms with E-state index < -0.39 is 34.2 Å². The maximum absolute atomic E-state index is 13.1. The van der Waals surface area contributed by atoms with Gasteiger partial charge in [-0.3, -0.25) is 9.59 Å². The second-order valence-corrected chi connectivity index (χ2v) is 8.38. The van der Waals surface area contributed by atoms with Crippen LogP contribution in [0.25, 0.3) is 4.91 Å². The summed E-state index contributed by atoms with van der Waals surface area (Å²) in [6.45, 7) is 0.639. The average molecular weight is 439 g/mol. The number of carbonyl (C=O) groups is 2. The van der Waals surface area contributed by atoms with Gasteiger partial charge in [-0.05, 0) is 55.0 Å². The van der Waals surface area contributed by atoms with E-state index >= 15 is 0 Å². The van der Waals surface area contributed by atoms with Crippen molar-refractivity contribution in [3.63, 3.8) is 0 Å². The summed E-state index contributed by atoms with van der Waals surface area (Å²) in [5.74, 6) is -1.65. The average Bonchev–Trinajstić information content (AvgIpc) is 2.83. The van der Waals surface area contributed by atoms with Crippen molar-refractivity contribution < 1.29 is 27.1 Å². The van der Waals surface area contributed by atoms with Crippen LogP contribution in [-0.2, 0) is 19.6 Å². The van der Waals surface area contributed by atoms with E-state index in [1.54, 1.807) is 12.1 Å². The van der Waals surface area contributed by atoms with Crippen LogP contribution in [-0.4, -0.2) is 38.2 Å². The summed E-state index contributed by atoms with van der Waals surface area (Å²) in [5, 5.41) is 2.32. The van der Waals surface area contributed by atoms with Gasteiger partial charge in [0.05, 0.1) is 17.8 Å². The number of amides is 2. The molecule has 0 saturated carbocycles. The number of anilines is 1. The van der Waals surface area contributed by atoms with Crippen molar-refractivity contribution in [2.24, 2.45) is 0 Å². The van der Waals surface area contributed by atoms with Crippen LogP contribution in [0, 0.1) is 5.82 Å². The van der Waals surface area contributed by atoms with Gasteiger partial charge in [0.2, 0.25) is 5.91 Å². The highest BCUT2D eigenvalue weighted by atomic mass is 35.5. The van der Waals surface area contributed by atoms with Crippen molar-refractivity contribution >= 4 is 44.0 Å².